The van der Waals surface area contributed by atoms with E-state index in [4.69, 9.17) is 9.84 Å². The highest BCUT2D eigenvalue weighted by molar-refractivity contribution is 5.70. The van der Waals surface area contributed by atoms with E-state index in [2.05, 4.69) is 0 Å². The third kappa shape index (κ3) is 2.22. The van der Waals surface area contributed by atoms with Crippen molar-refractivity contribution >= 4 is 5.97 Å². The summed E-state index contributed by atoms with van der Waals surface area (Å²) in [7, 11) is 0. The van der Waals surface area contributed by atoms with Crippen molar-refractivity contribution in [2.45, 2.75) is 50.0 Å². The zero-order valence-corrected chi connectivity index (χ0v) is 10.4. The largest absolute Gasteiger partial charge is 0.490 e. The van der Waals surface area contributed by atoms with Gasteiger partial charge in [0.15, 0.2) is 0 Å². The molecule has 0 heterocycles. The second kappa shape index (κ2) is 4.30. The average molecular weight is 246 g/mol. The number of aliphatic carboxylic acids is 1. The lowest BCUT2D eigenvalue weighted by molar-refractivity contribution is -0.137. The van der Waals surface area contributed by atoms with Crippen LogP contribution in [0.3, 0.4) is 0 Å². The van der Waals surface area contributed by atoms with Crippen LogP contribution < -0.4 is 4.74 Å². The molecule has 2 fully saturated rings. The molecule has 2 saturated carbocycles. The van der Waals surface area contributed by atoms with E-state index >= 15 is 0 Å². The fraction of sp³-hybridized carbons (Fsp3) is 0.533. The van der Waals surface area contributed by atoms with Gasteiger partial charge in [0.25, 0.3) is 0 Å². The molecule has 3 rings (SSSR count). The van der Waals surface area contributed by atoms with Crippen molar-refractivity contribution in [1.82, 2.24) is 0 Å². The molecular weight excluding hydrogens is 228 g/mol. The highest BCUT2D eigenvalue weighted by Gasteiger charge is 2.45. The average Bonchev–Trinajstić information content (AvgIpc) is 3.04. The minimum atomic E-state index is -0.706. The van der Waals surface area contributed by atoms with Gasteiger partial charge in [0.05, 0.1) is 12.5 Å². The highest BCUT2D eigenvalue weighted by Crippen LogP contribution is 2.51. The van der Waals surface area contributed by atoms with Crippen molar-refractivity contribution in [3.8, 4) is 5.75 Å². The Morgan fingerprint density at radius 3 is 2.39 bits per heavy atom. The van der Waals surface area contributed by atoms with Crippen molar-refractivity contribution in [3.05, 3.63) is 29.8 Å². The van der Waals surface area contributed by atoms with Crippen LogP contribution in [-0.4, -0.2) is 17.2 Å². The van der Waals surface area contributed by atoms with Gasteiger partial charge in [-0.05, 0) is 49.8 Å². The van der Waals surface area contributed by atoms with Crippen LogP contribution in [0.5, 0.6) is 5.75 Å². The van der Waals surface area contributed by atoms with Crippen molar-refractivity contribution in [2.75, 3.05) is 0 Å². The lowest BCUT2D eigenvalue weighted by Gasteiger charge is -2.26. The summed E-state index contributed by atoms with van der Waals surface area (Å²) in [6, 6.07) is 8.03. The summed E-state index contributed by atoms with van der Waals surface area (Å²) < 4.78 is 5.80. The molecule has 0 spiro atoms. The molecule has 0 aliphatic heterocycles. The van der Waals surface area contributed by atoms with Gasteiger partial charge in [0.1, 0.15) is 5.75 Å². The Bertz CT molecular complexity index is 441. The van der Waals surface area contributed by atoms with Crippen LogP contribution in [0.4, 0.5) is 0 Å². The molecule has 1 aromatic carbocycles. The minimum Gasteiger partial charge on any atom is -0.490 e. The third-order valence-corrected chi connectivity index (χ3v) is 4.16. The summed E-state index contributed by atoms with van der Waals surface area (Å²) in [5.74, 6) is 0.205. The highest BCUT2D eigenvalue weighted by atomic mass is 16.5. The Labute approximate surface area is 107 Å². The molecule has 0 radical (unpaired) electrons. The SMILES string of the molecule is O=C(O)CC1(c2ccc(OC3CCC3)cc2)CC1. The van der Waals surface area contributed by atoms with Crippen LogP contribution in [0.1, 0.15) is 44.1 Å². The lowest BCUT2D eigenvalue weighted by atomic mass is 9.92. The summed E-state index contributed by atoms with van der Waals surface area (Å²) in [4.78, 5) is 10.9. The first kappa shape index (κ1) is 11.6. The zero-order chi connectivity index (χ0) is 12.6. The molecule has 3 heteroatoms. The van der Waals surface area contributed by atoms with Crippen molar-refractivity contribution < 1.29 is 14.6 Å². The third-order valence-electron chi connectivity index (χ3n) is 4.16. The number of hydrogen-bond acceptors (Lipinski definition) is 2. The molecule has 3 nitrogen and oxygen atoms in total. The Balaban J connectivity index is 1.68. The molecule has 0 saturated heterocycles. The van der Waals surface area contributed by atoms with Crippen LogP contribution in [0.25, 0.3) is 0 Å². The van der Waals surface area contributed by atoms with Gasteiger partial charge in [-0.25, -0.2) is 0 Å². The normalized spacial score (nSPS) is 21.1. The van der Waals surface area contributed by atoms with Crippen LogP contribution in [0.15, 0.2) is 24.3 Å². The second-order valence-electron chi connectivity index (χ2n) is 5.55. The summed E-state index contributed by atoms with van der Waals surface area (Å²) in [5.41, 5.74) is 1.05. The standard InChI is InChI=1S/C15H18O3/c16-14(17)10-15(8-9-15)11-4-6-13(7-5-11)18-12-2-1-3-12/h4-7,12H,1-3,8-10H2,(H,16,17). The number of hydrogen-bond donors (Lipinski definition) is 1. The van der Waals surface area contributed by atoms with Crippen LogP contribution >= 0.6 is 0 Å². The Morgan fingerprint density at radius 1 is 1.28 bits per heavy atom. The maximum atomic E-state index is 10.9. The predicted octanol–water partition coefficient (Wildman–Crippen LogP) is 3.12. The summed E-state index contributed by atoms with van der Waals surface area (Å²) in [6.45, 7) is 0. The van der Waals surface area contributed by atoms with E-state index in [9.17, 15) is 4.79 Å². The molecule has 96 valence electrons. The minimum absolute atomic E-state index is 0.0964. The number of carboxylic acid groups (broad SMARTS) is 1. The summed E-state index contributed by atoms with van der Waals surface area (Å²) >= 11 is 0. The predicted molar refractivity (Wildman–Crippen MR) is 67.9 cm³/mol. The van der Waals surface area contributed by atoms with E-state index in [0.717, 1.165) is 37.0 Å². The van der Waals surface area contributed by atoms with E-state index in [1.54, 1.807) is 0 Å². The van der Waals surface area contributed by atoms with Crippen molar-refractivity contribution in [2.24, 2.45) is 0 Å². The lowest BCUT2D eigenvalue weighted by Crippen LogP contribution is -2.24. The Kier molecular flexibility index (Phi) is 2.77. The van der Waals surface area contributed by atoms with E-state index in [1.807, 2.05) is 24.3 Å². The summed E-state index contributed by atoms with van der Waals surface area (Å²) in [5, 5.41) is 8.94. The molecule has 0 amide bonds. The molecule has 0 unspecified atom stereocenters. The number of ether oxygens (including phenoxy) is 1. The smallest absolute Gasteiger partial charge is 0.304 e. The Morgan fingerprint density at radius 2 is 1.94 bits per heavy atom. The van der Waals surface area contributed by atoms with E-state index in [-0.39, 0.29) is 11.8 Å². The number of carboxylic acids is 1. The van der Waals surface area contributed by atoms with Gasteiger partial charge >= 0.3 is 5.97 Å². The fourth-order valence-electron chi connectivity index (χ4n) is 2.58. The van der Waals surface area contributed by atoms with E-state index < -0.39 is 5.97 Å². The molecular formula is C15H18O3. The fourth-order valence-corrected chi connectivity index (χ4v) is 2.58. The topological polar surface area (TPSA) is 46.5 Å². The maximum Gasteiger partial charge on any atom is 0.304 e. The number of rotatable bonds is 5. The quantitative estimate of drug-likeness (QED) is 0.868. The van der Waals surface area contributed by atoms with Crippen LogP contribution in [0, 0.1) is 0 Å². The first-order chi connectivity index (χ1) is 8.68. The molecule has 0 bridgehead atoms. The van der Waals surface area contributed by atoms with Gasteiger partial charge in [-0.1, -0.05) is 12.1 Å². The molecule has 1 aromatic rings. The van der Waals surface area contributed by atoms with E-state index in [0.29, 0.717) is 6.10 Å². The summed E-state index contributed by atoms with van der Waals surface area (Å²) in [6.07, 6.45) is 6.20. The second-order valence-corrected chi connectivity index (χ2v) is 5.55. The van der Waals surface area contributed by atoms with Crippen molar-refractivity contribution in [1.29, 1.82) is 0 Å². The molecule has 2 aliphatic carbocycles. The first-order valence-corrected chi connectivity index (χ1v) is 6.67. The van der Waals surface area contributed by atoms with Crippen LogP contribution in [-0.2, 0) is 10.2 Å². The van der Waals surface area contributed by atoms with Gasteiger partial charge in [-0.15, -0.1) is 0 Å². The first-order valence-electron chi connectivity index (χ1n) is 6.67. The molecule has 1 N–H and O–H groups in total. The van der Waals surface area contributed by atoms with Gasteiger partial charge in [0, 0.05) is 5.41 Å². The van der Waals surface area contributed by atoms with Gasteiger partial charge < -0.3 is 9.84 Å². The zero-order valence-electron chi connectivity index (χ0n) is 10.4. The van der Waals surface area contributed by atoms with Gasteiger partial charge in [-0.3, -0.25) is 4.79 Å². The number of benzene rings is 1. The maximum absolute atomic E-state index is 10.9. The monoisotopic (exact) mass is 246 g/mol. The molecule has 0 aromatic heterocycles. The van der Waals surface area contributed by atoms with Gasteiger partial charge in [0.2, 0.25) is 0 Å². The molecule has 0 atom stereocenters. The number of carbonyl (C=O) groups is 1. The van der Waals surface area contributed by atoms with Crippen molar-refractivity contribution in [3.63, 3.8) is 0 Å². The van der Waals surface area contributed by atoms with Crippen LogP contribution in [0.2, 0.25) is 0 Å². The molecule has 2 aliphatic rings. The van der Waals surface area contributed by atoms with E-state index in [1.165, 1.54) is 6.42 Å². The molecule has 18 heavy (non-hydrogen) atoms. The Hall–Kier alpha value is -1.51. The van der Waals surface area contributed by atoms with Gasteiger partial charge in [-0.2, -0.15) is 0 Å².